The lowest BCUT2D eigenvalue weighted by atomic mass is 10.2. The molecule has 2 aromatic carbocycles. The van der Waals surface area contributed by atoms with Crippen molar-refractivity contribution in [1.29, 1.82) is 0 Å². The maximum absolute atomic E-state index is 10.7. The standard InChI is InChI=1S/C12H7BrN2O2S/c13-7-1-3-9-12(5-7)18-11-4-2-8(15(16)17)6-10(11)14-9/h1-6,14H. The summed E-state index contributed by atoms with van der Waals surface area (Å²) in [6.45, 7) is 0. The predicted molar refractivity (Wildman–Crippen MR) is 74.6 cm³/mol. The molecular weight excluding hydrogens is 316 g/mol. The molecule has 90 valence electrons. The maximum atomic E-state index is 10.7. The fraction of sp³-hybridized carbons (Fsp3) is 0. The average molecular weight is 323 g/mol. The lowest BCUT2D eigenvalue weighted by Crippen LogP contribution is -2.00. The SMILES string of the molecule is O=[N+]([O-])c1ccc2c(c1)Nc1ccc(Br)cc1S2. The van der Waals surface area contributed by atoms with Gasteiger partial charge < -0.3 is 5.32 Å². The van der Waals surface area contributed by atoms with Gasteiger partial charge in [0.05, 0.1) is 16.3 Å². The maximum Gasteiger partial charge on any atom is 0.271 e. The summed E-state index contributed by atoms with van der Waals surface area (Å²) >= 11 is 5.03. The molecule has 3 rings (SSSR count). The van der Waals surface area contributed by atoms with Gasteiger partial charge in [-0.15, -0.1) is 0 Å². The van der Waals surface area contributed by atoms with E-state index in [1.54, 1.807) is 23.9 Å². The van der Waals surface area contributed by atoms with Crippen molar-refractivity contribution in [2.24, 2.45) is 0 Å². The highest BCUT2D eigenvalue weighted by Crippen LogP contribution is 2.45. The lowest BCUT2D eigenvalue weighted by Gasteiger charge is -2.20. The summed E-state index contributed by atoms with van der Waals surface area (Å²) in [6.07, 6.45) is 0. The van der Waals surface area contributed by atoms with Crippen LogP contribution in [0.5, 0.6) is 0 Å². The Morgan fingerprint density at radius 1 is 1.11 bits per heavy atom. The monoisotopic (exact) mass is 322 g/mol. The molecule has 0 amide bonds. The number of anilines is 2. The van der Waals surface area contributed by atoms with Crippen LogP contribution in [0.15, 0.2) is 50.7 Å². The number of fused-ring (bicyclic) bond motifs is 2. The smallest absolute Gasteiger partial charge is 0.271 e. The number of halogens is 1. The molecule has 1 aliphatic heterocycles. The number of non-ortho nitro benzene ring substituents is 1. The molecule has 0 atom stereocenters. The van der Waals surface area contributed by atoms with Crippen LogP contribution < -0.4 is 5.32 Å². The van der Waals surface area contributed by atoms with Gasteiger partial charge in [-0.1, -0.05) is 27.7 Å². The van der Waals surface area contributed by atoms with Gasteiger partial charge in [0.2, 0.25) is 0 Å². The molecule has 0 bridgehead atoms. The molecular formula is C12H7BrN2O2S. The van der Waals surface area contributed by atoms with Crippen LogP contribution in [-0.4, -0.2) is 4.92 Å². The van der Waals surface area contributed by atoms with E-state index >= 15 is 0 Å². The zero-order chi connectivity index (χ0) is 12.7. The Morgan fingerprint density at radius 2 is 1.94 bits per heavy atom. The van der Waals surface area contributed by atoms with Crippen LogP contribution in [0, 0.1) is 10.1 Å². The lowest BCUT2D eigenvalue weighted by molar-refractivity contribution is -0.384. The highest BCUT2D eigenvalue weighted by molar-refractivity contribution is 9.10. The molecule has 6 heteroatoms. The van der Waals surface area contributed by atoms with E-state index in [0.717, 1.165) is 25.6 Å². The molecule has 0 aromatic heterocycles. The van der Waals surface area contributed by atoms with E-state index in [4.69, 9.17) is 0 Å². The number of nitro benzene ring substituents is 1. The van der Waals surface area contributed by atoms with Crippen molar-refractivity contribution >= 4 is 44.8 Å². The first kappa shape index (κ1) is 11.6. The fourth-order valence-corrected chi connectivity index (χ4v) is 3.29. The Morgan fingerprint density at radius 3 is 2.72 bits per heavy atom. The summed E-state index contributed by atoms with van der Waals surface area (Å²) < 4.78 is 1.01. The Bertz CT molecular complexity index is 661. The number of hydrogen-bond acceptors (Lipinski definition) is 4. The van der Waals surface area contributed by atoms with Crippen molar-refractivity contribution in [1.82, 2.24) is 0 Å². The van der Waals surface area contributed by atoms with E-state index in [-0.39, 0.29) is 10.6 Å². The van der Waals surface area contributed by atoms with E-state index in [1.807, 2.05) is 18.2 Å². The first-order valence-electron chi connectivity index (χ1n) is 5.16. The molecule has 18 heavy (non-hydrogen) atoms. The summed E-state index contributed by atoms with van der Waals surface area (Å²) in [5.41, 5.74) is 1.85. The first-order valence-corrected chi connectivity index (χ1v) is 6.77. The van der Waals surface area contributed by atoms with E-state index in [9.17, 15) is 10.1 Å². The highest BCUT2D eigenvalue weighted by atomic mass is 79.9. The Hall–Kier alpha value is -1.53. The van der Waals surface area contributed by atoms with Crippen LogP contribution in [0.4, 0.5) is 17.1 Å². The summed E-state index contributed by atoms with van der Waals surface area (Å²) in [7, 11) is 0. The molecule has 1 heterocycles. The zero-order valence-electron chi connectivity index (χ0n) is 9.01. The van der Waals surface area contributed by atoms with Crippen LogP contribution in [0.1, 0.15) is 0 Å². The number of nitro groups is 1. The molecule has 0 unspecified atom stereocenters. The van der Waals surface area contributed by atoms with E-state index in [1.165, 1.54) is 6.07 Å². The minimum absolute atomic E-state index is 0.0995. The van der Waals surface area contributed by atoms with E-state index in [2.05, 4.69) is 21.2 Å². The van der Waals surface area contributed by atoms with Crippen molar-refractivity contribution < 1.29 is 4.92 Å². The van der Waals surface area contributed by atoms with Gasteiger partial charge in [-0.25, -0.2) is 0 Å². The molecule has 1 N–H and O–H groups in total. The highest BCUT2D eigenvalue weighted by Gasteiger charge is 2.18. The number of hydrogen-bond donors (Lipinski definition) is 1. The molecule has 1 aliphatic rings. The van der Waals surface area contributed by atoms with E-state index in [0.29, 0.717) is 0 Å². The van der Waals surface area contributed by atoms with Crippen molar-refractivity contribution in [2.75, 3.05) is 5.32 Å². The van der Waals surface area contributed by atoms with Crippen LogP contribution in [0.25, 0.3) is 0 Å². The van der Waals surface area contributed by atoms with Gasteiger partial charge in [-0.2, -0.15) is 0 Å². The summed E-state index contributed by atoms with van der Waals surface area (Å²) in [6, 6.07) is 10.8. The van der Waals surface area contributed by atoms with Gasteiger partial charge in [-0.05, 0) is 24.3 Å². The zero-order valence-corrected chi connectivity index (χ0v) is 11.4. The molecule has 0 saturated carbocycles. The second kappa shape index (κ2) is 4.29. The second-order valence-electron chi connectivity index (χ2n) is 3.81. The van der Waals surface area contributed by atoms with Gasteiger partial charge >= 0.3 is 0 Å². The molecule has 0 fully saturated rings. The quantitative estimate of drug-likeness (QED) is 0.527. The number of nitrogens with zero attached hydrogens (tertiary/aromatic N) is 1. The number of nitrogens with one attached hydrogen (secondary N) is 1. The Labute approximate surface area is 116 Å². The summed E-state index contributed by atoms with van der Waals surface area (Å²) in [5.74, 6) is 0. The van der Waals surface area contributed by atoms with Gasteiger partial charge in [0, 0.05) is 26.4 Å². The Kier molecular flexibility index (Phi) is 2.76. The normalized spacial score (nSPS) is 12.3. The summed E-state index contributed by atoms with van der Waals surface area (Å²) in [5, 5.41) is 14.0. The van der Waals surface area contributed by atoms with Crippen LogP contribution in [-0.2, 0) is 0 Å². The third kappa shape index (κ3) is 1.97. The fourth-order valence-electron chi connectivity index (χ4n) is 1.77. The Balaban J connectivity index is 2.05. The van der Waals surface area contributed by atoms with Crippen molar-refractivity contribution in [2.45, 2.75) is 9.79 Å². The summed E-state index contributed by atoms with van der Waals surface area (Å²) in [4.78, 5) is 12.5. The molecule has 0 radical (unpaired) electrons. The van der Waals surface area contributed by atoms with E-state index < -0.39 is 0 Å². The van der Waals surface area contributed by atoms with Crippen LogP contribution in [0.2, 0.25) is 0 Å². The van der Waals surface area contributed by atoms with Gasteiger partial charge in [0.25, 0.3) is 5.69 Å². The minimum Gasteiger partial charge on any atom is -0.353 e. The van der Waals surface area contributed by atoms with Gasteiger partial charge in [0.1, 0.15) is 0 Å². The van der Waals surface area contributed by atoms with Crippen molar-refractivity contribution in [3.05, 3.63) is 51.0 Å². The third-order valence-electron chi connectivity index (χ3n) is 2.61. The van der Waals surface area contributed by atoms with Gasteiger partial charge in [0.15, 0.2) is 0 Å². The van der Waals surface area contributed by atoms with Crippen molar-refractivity contribution in [3.8, 4) is 0 Å². The third-order valence-corrected chi connectivity index (χ3v) is 4.23. The topological polar surface area (TPSA) is 55.2 Å². The molecule has 4 nitrogen and oxygen atoms in total. The first-order chi connectivity index (χ1) is 8.63. The molecule has 2 aromatic rings. The average Bonchev–Trinajstić information content (AvgIpc) is 2.35. The predicted octanol–water partition coefficient (Wildman–Crippen LogP) is 4.57. The number of rotatable bonds is 1. The van der Waals surface area contributed by atoms with Crippen LogP contribution in [0.3, 0.4) is 0 Å². The largest absolute Gasteiger partial charge is 0.353 e. The second-order valence-corrected chi connectivity index (χ2v) is 5.80. The molecule has 0 saturated heterocycles. The van der Waals surface area contributed by atoms with Crippen molar-refractivity contribution in [3.63, 3.8) is 0 Å². The van der Waals surface area contributed by atoms with Gasteiger partial charge in [-0.3, -0.25) is 10.1 Å². The number of benzene rings is 2. The minimum atomic E-state index is -0.385. The molecule has 0 spiro atoms. The van der Waals surface area contributed by atoms with Crippen LogP contribution >= 0.6 is 27.7 Å². The molecule has 0 aliphatic carbocycles.